The van der Waals surface area contributed by atoms with Crippen molar-refractivity contribution in [3.05, 3.63) is 93.7 Å². The van der Waals surface area contributed by atoms with Gasteiger partial charge in [0.2, 0.25) is 0 Å². The van der Waals surface area contributed by atoms with Gasteiger partial charge in [-0.25, -0.2) is 0 Å². The van der Waals surface area contributed by atoms with Gasteiger partial charge in [-0.1, -0.05) is 53.5 Å². The van der Waals surface area contributed by atoms with E-state index < -0.39 is 12.0 Å². The van der Waals surface area contributed by atoms with E-state index >= 15 is 0 Å². The number of esters is 1. The quantitative estimate of drug-likeness (QED) is 0.209. The third kappa shape index (κ3) is 5.92. The van der Waals surface area contributed by atoms with E-state index in [0.717, 1.165) is 22.1 Å². The highest BCUT2D eigenvalue weighted by molar-refractivity contribution is 6.35. The molecule has 1 unspecified atom stereocenters. The van der Waals surface area contributed by atoms with E-state index in [0.29, 0.717) is 32.7 Å². The fourth-order valence-corrected chi connectivity index (χ4v) is 4.64. The molecule has 1 aromatic heterocycles. The molecule has 0 amide bonds. The van der Waals surface area contributed by atoms with Crippen LogP contribution in [-0.2, 0) is 16.0 Å². The lowest BCUT2D eigenvalue weighted by Gasteiger charge is -2.23. The number of benzene rings is 3. The molecule has 0 saturated heterocycles. The Hall–Kier alpha value is -3.48. The summed E-state index contributed by atoms with van der Waals surface area (Å²) in [5, 5.41) is 2.82. The van der Waals surface area contributed by atoms with Crippen molar-refractivity contribution in [3.8, 4) is 17.2 Å². The lowest BCUT2D eigenvalue weighted by Crippen LogP contribution is -2.19. The Kier molecular flexibility index (Phi) is 8.41. The average Bonchev–Trinajstić information content (AvgIpc) is 2.92. The number of hydrogen-bond acceptors (Lipinski definition) is 6. The van der Waals surface area contributed by atoms with Crippen molar-refractivity contribution in [2.24, 2.45) is 0 Å². The summed E-state index contributed by atoms with van der Waals surface area (Å²) in [6.07, 6.45) is 2.61. The molecule has 0 N–H and O–H groups in total. The predicted octanol–water partition coefficient (Wildman–Crippen LogP) is 7.20. The fourth-order valence-electron chi connectivity index (χ4n) is 4.12. The maximum Gasteiger partial charge on any atom is 0.313 e. The number of carbonyl (C=O) groups is 1. The maximum absolute atomic E-state index is 13.4. The van der Waals surface area contributed by atoms with Crippen molar-refractivity contribution >= 4 is 39.9 Å². The minimum absolute atomic E-state index is 0.256. The zero-order chi connectivity index (χ0) is 26.5. The van der Waals surface area contributed by atoms with Gasteiger partial charge in [-0.05, 0) is 58.7 Å². The van der Waals surface area contributed by atoms with Gasteiger partial charge in [0, 0.05) is 18.8 Å². The van der Waals surface area contributed by atoms with Crippen LogP contribution in [0, 0.1) is 0 Å². The SMILES string of the molecule is COc1ccc2cc([C@H](C)C(=O)OC(Cc3c(Cl)cncc3Cl)c3ccc(OC)c(OC)c3)ccc2c1. The van der Waals surface area contributed by atoms with Crippen LogP contribution in [0.25, 0.3) is 10.8 Å². The van der Waals surface area contributed by atoms with Crippen LogP contribution < -0.4 is 14.2 Å². The van der Waals surface area contributed by atoms with Gasteiger partial charge < -0.3 is 18.9 Å². The van der Waals surface area contributed by atoms with Gasteiger partial charge in [-0.3, -0.25) is 9.78 Å². The average molecular weight is 540 g/mol. The molecule has 8 heteroatoms. The normalized spacial score (nSPS) is 12.6. The van der Waals surface area contributed by atoms with Crippen molar-refractivity contribution in [1.82, 2.24) is 4.98 Å². The van der Waals surface area contributed by atoms with E-state index in [4.69, 9.17) is 42.1 Å². The van der Waals surface area contributed by atoms with Gasteiger partial charge in [0.05, 0.1) is 37.3 Å². The van der Waals surface area contributed by atoms with Gasteiger partial charge in [-0.2, -0.15) is 0 Å². The van der Waals surface area contributed by atoms with Crippen LogP contribution in [0.3, 0.4) is 0 Å². The molecule has 2 atom stereocenters. The zero-order valence-corrected chi connectivity index (χ0v) is 22.5. The first-order valence-corrected chi connectivity index (χ1v) is 12.4. The summed E-state index contributed by atoms with van der Waals surface area (Å²) < 4.78 is 22.2. The first-order valence-electron chi connectivity index (χ1n) is 11.6. The Balaban J connectivity index is 1.65. The maximum atomic E-state index is 13.4. The molecule has 1 heterocycles. The molecule has 0 bridgehead atoms. The molecule has 0 aliphatic heterocycles. The molecule has 0 aliphatic carbocycles. The monoisotopic (exact) mass is 539 g/mol. The van der Waals surface area contributed by atoms with Gasteiger partial charge >= 0.3 is 5.97 Å². The summed E-state index contributed by atoms with van der Waals surface area (Å²) >= 11 is 12.8. The van der Waals surface area contributed by atoms with E-state index in [1.54, 1.807) is 33.5 Å². The molecule has 4 aromatic rings. The number of hydrogen-bond donors (Lipinski definition) is 0. The lowest BCUT2D eigenvalue weighted by molar-refractivity contribution is -0.150. The van der Waals surface area contributed by atoms with Gasteiger partial charge in [0.15, 0.2) is 11.5 Å². The van der Waals surface area contributed by atoms with Crippen LogP contribution in [0.4, 0.5) is 0 Å². The third-order valence-electron chi connectivity index (χ3n) is 6.30. The molecule has 0 saturated carbocycles. The number of nitrogens with zero attached hydrogens (tertiary/aromatic N) is 1. The molecule has 37 heavy (non-hydrogen) atoms. The summed E-state index contributed by atoms with van der Waals surface area (Å²) in [5.41, 5.74) is 2.19. The summed E-state index contributed by atoms with van der Waals surface area (Å²) in [5.74, 6) is 0.967. The highest BCUT2D eigenvalue weighted by atomic mass is 35.5. The first kappa shape index (κ1) is 26.6. The van der Waals surface area contributed by atoms with Crippen molar-refractivity contribution in [3.63, 3.8) is 0 Å². The molecule has 0 fully saturated rings. The molecule has 0 aliphatic rings. The number of rotatable bonds is 9. The van der Waals surface area contributed by atoms with Gasteiger partial charge in [-0.15, -0.1) is 0 Å². The van der Waals surface area contributed by atoms with E-state index in [9.17, 15) is 4.79 Å². The Morgan fingerprint density at radius 3 is 2.14 bits per heavy atom. The largest absolute Gasteiger partial charge is 0.497 e. The number of aromatic nitrogens is 1. The van der Waals surface area contributed by atoms with Crippen molar-refractivity contribution < 1.29 is 23.7 Å². The van der Waals surface area contributed by atoms with E-state index in [-0.39, 0.29) is 12.4 Å². The summed E-state index contributed by atoms with van der Waals surface area (Å²) in [7, 11) is 4.75. The van der Waals surface area contributed by atoms with E-state index in [1.165, 1.54) is 12.4 Å². The molecule has 3 aromatic carbocycles. The molecule has 0 radical (unpaired) electrons. The topological polar surface area (TPSA) is 66.9 Å². The second-order valence-corrected chi connectivity index (χ2v) is 9.33. The predicted molar refractivity (Wildman–Crippen MR) is 145 cm³/mol. The second kappa shape index (κ2) is 11.7. The fraction of sp³-hybridized carbons (Fsp3) is 0.241. The van der Waals surface area contributed by atoms with Crippen molar-refractivity contribution in [1.29, 1.82) is 0 Å². The Labute approximate surface area is 226 Å². The third-order valence-corrected chi connectivity index (χ3v) is 6.96. The number of methoxy groups -OCH3 is 3. The van der Waals surface area contributed by atoms with Crippen LogP contribution in [0.1, 0.15) is 35.6 Å². The molecule has 6 nitrogen and oxygen atoms in total. The standard InChI is InChI=1S/C29H27Cl2NO5/c1-17(18-5-6-20-12-22(34-2)9-7-19(20)11-18)29(33)37-27(14-23-24(30)15-32-16-25(23)31)21-8-10-26(35-3)28(13-21)36-4/h5-13,15-17,27H,14H2,1-4H3/t17-,27?/m0/s1. The Morgan fingerprint density at radius 1 is 0.811 bits per heavy atom. The molecule has 4 rings (SSSR count). The van der Waals surface area contributed by atoms with E-state index in [2.05, 4.69) is 4.98 Å². The summed E-state index contributed by atoms with van der Waals surface area (Å²) in [4.78, 5) is 17.4. The van der Waals surface area contributed by atoms with Crippen LogP contribution in [-0.4, -0.2) is 32.3 Å². The minimum atomic E-state index is -0.683. The van der Waals surface area contributed by atoms with Crippen LogP contribution >= 0.6 is 23.2 Å². The zero-order valence-electron chi connectivity index (χ0n) is 21.0. The van der Waals surface area contributed by atoms with E-state index in [1.807, 2.05) is 49.4 Å². The molecular formula is C29H27Cl2NO5. The minimum Gasteiger partial charge on any atom is -0.497 e. The smallest absolute Gasteiger partial charge is 0.313 e. The molecule has 192 valence electrons. The first-order chi connectivity index (χ1) is 17.8. The Bertz CT molecular complexity index is 1400. The number of ether oxygens (including phenoxy) is 4. The number of fused-ring (bicyclic) bond motifs is 1. The van der Waals surface area contributed by atoms with Crippen LogP contribution in [0.15, 0.2) is 67.0 Å². The number of halogens is 2. The number of pyridine rings is 1. The second-order valence-electron chi connectivity index (χ2n) is 8.52. The lowest BCUT2D eigenvalue weighted by atomic mass is 9.97. The Morgan fingerprint density at radius 2 is 1.46 bits per heavy atom. The van der Waals surface area contributed by atoms with Crippen LogP contribution in [0.2, 0.25) is 10.0 Å². The van der Waals surface area contributed by atoms with Gasteiger partial charge in [0.1, 0.15) is 11.9 Å². The van der Waals surface area contributed by atoms with Crippen LogP contribution in [0.5, 0.6) is 17.2 Å². The molecular weight excluding hydrogens is 513 g/mol. The van der Waals surface area contributed by atoms with Gasteiger partial charge in [0.25, 0.3) is 0 Å². The molecule has 0 spiro atoms. The highest BCUT2D eigenvalue weighted by Crippen LogP contribution is 2.36. The number of carbonyl (C=O) groups excluding carboxylic acids is 1. The highest BCUT2D eigenvalue weighted by Gasteiger charge is 2.26. The summed E-state index contributed by atoms with van der Waals surface area (Å²) in [6, 6.07) is 17.1. The summed E-state index contributed by atoms with van der Waals surface area (Å²) in [6.45, 7) is 1.82. The van der Waals surface area contributed by atoms with Crippen molar-refractivity contribution in [2.75, 3.05) is 21.3 Å². The van der Waals surface area contributed by atoms with Crippen molar-refractivity contribution in [2.45, 2.75) is 25.4 Å².